The Kier molecular flexibility index (Phi) is 4.91. The molecule has 3 aromatic rings. The molecule has 0 aliphatic carbocycles. The van der Waals surface area contributed by atoms with Crippen LogP contribution in [0.25, 0.3) is 20.5 Å². The number of hydrogen-bond acceptors (Lipinski definition) is 8. The van der Waals surface area contributed by atoms with Gasteiger partial charge in [-0.2, -0.15) is 0 Å². The summed E-state index contributed by atoms with van der Waals surface area (Å²) in [6, 6.07) is 8.13. The highest BCUT2D eigenvalue weighted by molar-refractivity contribution is 7.99. The second kappa shape index (κ2) is 7.28. The van der Waals surface area contributed by atoms with Crippen LogP contribution in [-0.2, 0) is 9.47 Å². The van der Waals surface area contributed by atoms with Gasteiger partial charge in [-0.05, 0) is 30.5 Å². The van der Waals surface area contributed by atoms with E-state index in [1.54, 1.807) is 34.4 Å². The standard InChI is InChI=1S/C16H15N3O2S3/c1-10-15(24-16(17-10)12-3-2-8-22-12)11-4-5-13(19-18-11)23-9-14-20-6-7-21-14/h2-5,8,14H,6-7,9H2,1H3. The molecule has 0 N–H and O–H groups in total. The molecule has 8 heteroatoms. The molecule has 0 spiro atoms. The Hall–Kier alpha value is -1.32. The number of aryl methyl sites for hydroxylation is 1. The maximum Gasteiger partial charge on any atom is 0.167 e. The van der Waals surface area contributed by atoms with Crippen molar-refractivity contribution in [3.05, 3.63) is 35.3 Å². The highest BCUT2D eigenvalue weighted by Gasteiger charge is 2.17. The average molecular weight is 378 g/mol. The van der Waals surface area contributed by atoms with Gasteiger partial charge in [0.1, 0.15) is 15.7 Å². The van der Waals surface area contributed by atoms with Crippen LogP contribution in [0.1, 0.15) is 5.69 Å². The summed E-state index contributed by atoms with van der Waals surface area (Å²) in [6.07, 6.45) is -0.131. The normalized spacial score (nSPS) is 15.2. The zero-order chi connectivity index (χ0) is 16.4. The van der Waals surface area contributed by atoms with Crippen molar-refractivity contribution in [3.63, 3.8) is 0 Å². The monoisotopic (exact) mass is 377 g/mol. The van der Waals surface area contributed by atoms with Crippen LogP contribution >= 0.6 is 34.4 Å². The zero-order valence-corrected chi connectivity index (χ0v) is 15.4. The summed E-state index contributed by atoms with van der Waals surface area (Å²) in [5, 5.41) is 12.7. The number of rotatable bonds is 5. The minimum Gasteiger partial charge on any atom is -0.349 e. The number of hydrogen-bond donors (Lipinski definition) is 0. The quantitative estimate of drug-likeness (QED) is 0.624. The summed E-state index contributed by atoms with van der Waals surface area (Å²) in [5.74, 6) is 0.732. The first kappa shape index (κ1) is 16.2. The Bertz CT molecular complexity index is 797. The number of thioether (sulfide) groups is 1. The highest BCUT2D eigenvalue weighted by Crippen LogP contribution is 2.36. The molecule has 0 bridgehead atoms. The van der Waals surface area contributed by atoms with Crippen molar-refractivity contribution in [1.82, 2.24) is 15.2 Å². The average Bonchev–Trinajstić information content (AvgIpc) is 3.35. The molecule has 5 nitrogen and oxygen atoms in total. The fourth-order valence-corrected chi connectivity index (χ4v) is 4.90. The number of thiazole rings is 1. The Labute approximate surface area is 152 Å². The molecule has 124 valence electrons. The maximum absolute atomic E-state index is 5.42. The number of nitrogens with zero attached hydrogens (tertiary/aromatic N) is 3. The smallest absolute Gasteiger partial charge is 0.167 e. The van der Waals surface area contributed by atoms with Gasteiger partial charge < -0.3 is 9.47 Å². The van der Waals surface area contributed by atoms with Gasteiger partial charge in [0.25, 0.3) is 0 Å². The summed E-state index contributed by atoms with van der Waals surface area (Å²) in [6.45, 7) is 3.36. The molecular weight excluding hydrogens is 362 g/mol. The van der Waals surface area contributed by atoms with Gasteiger partial charge in [-0.1, -0.05) is 17.8 Å². The van der Waals surface area contributed by atoms with Crippen molar-refractivity contribution < 1.29 is 9.47 Å². The second-order valence-corrected chi connectivity index (χ2v) is 8.14. The lowest BCUT2D eigenvalue weighted by molar-refractivity contribution is -0.0214. The molecule has 0 saturated carbocycles. The van der Waals surface area contributed by atoms with Crippen LogP contribution in [0, 0.1) is 6.92 Å². The third-order valence-corrected chi connectivity index (χ3v) is 6.63. The van der Waals surface area contributed by atoms with Crippen LogP contribution in [0.5, 0.6) is 0 Å². The highest BCUT2D eigenvalue weighted by atomic mass is 32.2. The van der Waals surface area contributed by atoms with E-state index in [0.717, 1.165) is 32.1 Å². The third kappa shape index (κ3) is 3.52. The maximum atomic E-state index is 5.42. The molecule has 0 unspecified atom stereocenters. The molecule has 1 saturated heterocycles. The van der Waals surface area contributed by atoms with E-state index in [2.05, 4.69) is 26.6 Å². The molecule has 4 rings (SSSR count). The van der Waals surface area contributed by atoms with Crippen molar-refractivity contribution in [2.24, 2.45) is 0 Å². The summed E-state index contributed by atoms with van der Waals surface area (Å²) < 4.78 is 10.8. The Morgan fingerprint density at radius 3 is 2.79 bits per heavy atom. The van der Waals surface area contributed by atoms with E-state index in [1.165, 1.54) is 4.88 Å². The van der Waals surface area contributed by atoms with E-state index in [1.807, 2.05) is 25.1 Å². The van der Waals surface area contributed by atoms with Gasteiger partial charge in [-0.15, -0.1) is 32.9 Å². The van der Waals surface area contributed by atoms with Crippen LogP contribution in [-0.4, -0.2) is 40.4 Å². The lowest BCUT2D eigenvalue weighted by Crippen LogP contribution is -2.10. The molecule has 3 aromatic heterocycles. The lowest BCUT2D eigenvalue weighted by Gasteiger charge is -2.07. The van der Waals surface area contributed by atoms with Crippen LogP contribution in [0.2, 0.25) is 0 Å². The van der Waals surface area contributed by atoms with Gasteiger partial charge in [0.2, 0.25) is 0 Å². The first-order chi connectivity index (χ1) is 11.8. The molecule has 0 radical (unpaired) electrons. The SMILES string of the molecule is Cc1nc(-c2cccs2)sc1-c1ccc(SCC2OCCO2)nn1. The molecular formula is C16H15N3O2S3. The van der Waals surface area contributed by atoms with Gasteiger partial charge in [-0.3, -0.25) is 0 Å². The fraction of sp³-hybridized carbons (Fsp3) is 0.312. The minimum absolute atomic E-state index is 0.131. The lowest BCUT2D eigenvalue weighted by atomic mass is 10.3. The van der Waals surface area contributed by atoms with Crippen LogP contribution in [0.4, 0.5) is 0 Å². The summed E-state index contributed by atoms with van der Waals surface area (Å²) in [7, 11) is 0. The van der Waals surface area contributed by atoms with Gasteiger partial charge >= 0.3 is 0 Å². The largest absolute Gasteiger partial charge is 0.349 e. The second-order valence-electron chi connectivity index (χ2n) is 5.15. The summed E-state index contributed by atoms with van der Waals surface area (Å²) in [5.41, 5.74) is 1.86. The molecule has 1 aliphatic heterocycles. The van der Waals surface area contributed by atoms with Crippen LogP contribution in [0.3, 0.4) is 0 Å². The predicted molar refractivity (Wildman–Crippen MR) is 97.6 cm³/mol. The molecule has 0 aromatic carbocycles. The predicted octanol–water partition coefficient (Wildman–Crippen LogP) is 4.10. The molecule has 1 fully saturated rings. The summed E-state index contributed by atoms with van der Waals surface area (Å²) in [4.78, 5) is 6.92. The van der Waals surface area contributed by atoms with Crippen molar-refractivity contribution in [2.75, 3.05) is 19.0 Å². The number of ether oxygens (including phenoxy) is 2. The topological polar surface area (TPSA) is 57.1 Å². The van der Waals surface area contributed by atoms with Gasteiger partial charge in [0.05, 0.1) is 34.4 Å². The number of thiophene rings is 1. The molecule has 0 atom stereocenters. The van der Waals surface area contributed by atoms with Crippen LogP contribution < -0.4 is 0 Å². The Balaban J connectivity index is 1.48. The fourth-order valence-electron chi connectivity index (χ4n) is 2.31. The third-order valence-electron chi connectivity index (χ3n) is 3.46. The molecule has 4 heterocycles. The minimum atomic E-state index is -0.131. The van der Waals surface area contributed by atoms with E-state index < -0.39 is 0 Å². The first-order valence-corrected chi connectivity index (χ1v) is 10.2. The van der Waals surface area contributed by atoms with Gasteiger partial charge in [-0.25, -0.2) is 4.98 Å². The summed E-state index contributed by atoms with van der Waals surface area (Å²) >= 11 is 4.95. The van der Waals surface area contributed by atoms with E-state index in [4.69, 9.17) is 9.47 Å². The zero-order valence-electron chi connectivity index (χ0n) is 13.0. The van der Waals surface area contributed by atoms with E-state index in [0.29, 0.717) is 13.2 Å². The van der Waals surface area contributed by atoms with Gasteiger partial charge in [0.15, 0.2) is 6.29 Å². The molecule has 24 heavy (non-hydrogen) atoms. The van der Waals surface area contributed by atoms with E-state index in [-0.39, 0.29) is 6.29 Å². The number of aromatic nitrogens is 3. The van der Waals surface area contributed by atoms with E-state index in [9.17, 15) is 0 Å². The molecule has 1 aliphatic rings. The van der Waals surface area contributed by atoms with E-state index >= 15 is 0 Å². The Morgan fingerprint density at radius 1 is 1.21 bits per heavy atom. The molecule has 0 amide bonds. The Morgan fingerprint density at radius 2 is 2.08 bits per heavy atom. The van der Waals surface area contributed by atoms with Gasteiger partial charge in [0, 0.05) is 0 Å². The van der Waals surface area contributed by atoms with Crippen molar-refractivity contribution in [2.45, 2.75) is 18.2 Å². The van der Waals surface area contributed by atoms with Crippen molar-refractivity contribution in [1.29, 1.82) is 0 Å². The van der Waals surface area contributed by atoms with Crippen molar-refractivity contribution in [3.8, 4) is 20.5 Å². The first-order valence-electron chi connectivity index (χ1n) is 7.51. The van der Waals surface area contributed by atoms with Crippen molar-refractivity contribution >= 4 is 34.4 Å². The van der Waals surface area contributed by atoms with Crippen LogP contribution in [0.15, 0.2) is 34.7 Å².